The molecule has 1 unspecified atom stereocenters. The van der Waals surface area contributed by atoms with Gasteiger partial charge in [-0.25, -0.2) is 4.79 Å². The van der Waals surface area contributed by atoms with Crippen LogP contribution in [0.5, 0.6) is 0 Å². The first kappa shape index (κ1) is 14.5. The first-order chi connectivity index (χ1) is 8.20. The second-order valence-electron chi connectivity index (χ2n) is 5.30. The fraction of sp³-hybridized carbons (Fsp3) is 0.750. The summed E-state index contributed by atoms with van der Waals surface area (Å²) in [4.78, 5) is 39.3. The number of carbonyl (C=O) groups is 3. The van der Waals surface area contributed by atoms with Gasteiger partial charge in [0.05, 0.1) is 12.5 Å². The number of piperidine rings is 1. The number of hydrogen-bond donors (Lipinski definition) is 0. The van der Waals surface area contributed by atoms with Crippen molar-refractivity contribution in [1.82, 2.24) is 5.06 Å². The Hall–Kier alpha value is -1.59. The zero-order valence-electron chi connectivity index (χ0n) is 11.2. The molecule has 1 heterocycles. The summed E-state index contributed by atoms with van der Waals surface area (Å²) in [6, 6.07) is 0. The Kier molecular flexibility index (Phi) is 4.32. The summed E-state index contributed by atoms with van der Waals surface area (Å²) in [7, 11) is 0. The van der Waals surface area contributed by atoms with E-state index in [4.69, 9.17) is 9.57 Å². The summed E-state index contributed by atoms with van der Waals surface area (Å²) in [5.74, 6) is -1.39. The van der Waals surface area contributed by atoms with Gasteiger partial charge in [0.1, 0.15) is 11.4 Å². The van der Waals surface area contributed by atoms with Crippen molar-refractivity contribution in [2.75, 3.05) is 6.54 Å². The van der Waals surface area contributed by atoms with Crippen LogP contribution in [0.4, 0.5) is 4.79 Å². The summed E-state index contributed by atoms with van der Waals surface area (Å²) in [6.45, 7) is 6.75. The average molecular weight is 257 g/mol. The molecule has 0 aromatic carbocycles. The molecule has 0 saturated carbocycles. The van der Waals surface area contributed by atoms with Crippen LogP contribution >= 0.6 is 0 Å². The fourth-order valence-corrected chi connectivity index (χ4v) is 1.67. The number of hydroxylamine groups is 2. The molecule has 0 aromatic rings. The highest BCUT2D eigenvalue weighted by molar-refractivity contribution is 6.00. The third-order valence-electron chi connectivity index (χ3n) is 2.46. The third-order valence-corrected chi connectivity index (χ3v) is 2.46. The number of carbonyl (C=O) groups excluding carboxylic acids is 3. The lowest BCUT2D eigenvalue weighted by molar-refractivity contribution is -0.187. The first-order valence-corrected chi connectivity index (χ1v) is 5.93. The lowest BCUT2D eigenvalue weighted by Crippen LogP contribution is -2.45. The average Bonchev–Trinajstić information content (AvgIpc) is 2.17. The lowest BCUT2D eigenvalue weighted by Gasteiger charge is -2.29. The third kappa shape index (κ3) is 4.01. The topological polar surface area (TPSA) is 72.9 Å². The van der Waals surface area contributed by atoms with Gasteiger partial charge in [0, 0.05) is 0 Å². The summed E-state index contributed by atoms with van der Waals surface area (Å²) in [5, 5.41) is 0.920. The van der Waals surface area contributed by atoms with E-state index in [0.717, 1.165) is 5.06 Å². The van der Waals surface area contributed by atoms with Crippen molar-refractivity contribution in [1.29, 1.82) is 0 Å². The zero-order chi connectivity index (χ0) is 13.9. The van der Waals surface area contributed by atoms with Crippen LogP contribution in [0.2, 0.25) is 0 Å². The van der Waals surface area contributed by atoms with Gasteiger partial charge >= 0.3 is 6.16 Å². The Balaban J connectivity index is 2.59. The lowest BCUT2D eigenvalue weighted by atomic mass is 9.95. The van der Waals surface area contributed by atoms with Crippen LogP contribution in [0.15, 0.2) is 0 Å². The molecule has 6 heteroatoms. The molecule has 102 valence electrons. The van der Waals surface area contributed by atoms with Gasteiger partial charge in [0.15, 0.2) is 0 Å². The molecule has 0 radical (unpaired) electrons. The maximum atomic E-state index is 11.8. The number of ketones is 1. The van der Waals surface area contributed by atoms with E-state index in [2.05, 4.69) is 0 Å². The highest BCUT2D eigenvalue weighted by Gasteiger charge is 2.35. The Morgan fingerprint density at radius 2 is 1.94 bits per heavy atom. The second kappa shape index (κ2) is 5.37. The standard InChI is InChI=1S/C12H19NO5/c1-8(14)9-6-5-7-13(10(9)15)18-11(16)17-12(2,3)4/h9H,5-7H2,1-4H3. The van der Waals surface area contributed by atoms with Crippen LogP contribution in [0.3, 0.4) is 0 Å². The number of hydrogen-bond acceptors (Lipinski definition) is 5. The maximum absolute atomic E-state index is 11.8. The van der Waals surface area contributed by atoms with Crippen LogP contribution in [-0.2, 0) is 19.2 Å². The minimum absolute atomic E-state index is 0.211. The first-order valence-electron chi connectivity index (χ1n) is 5.93. The van der Waals surface area contributed by atoms with Crippen molar-refractivity contribution in [2.45, 2.75) is 46.1 Å². The number of amides is 1. The van der Waals surface area contributed by atoms with Crippen LogP contribution in [-0.4, -0.2) is 35.1 Å². The van der Waals surface area contributed by atoms with Gasteiger partial charge in [-0.15, -0.1) is 0 Å². The molecule has 1 aliphatic rings. The van der Waals surface area contributed by atoms with Crippen molar-refractivity contribution < 1.29 is 24.0 Å². The van der Waals surface area contributed by atoms with E-state index < -0.39 is 23.6 Å². The molecular formula is C12H19NO5. The van der Waals surface area contributed by atoms with Crippen LogP contribution in [0.25, 0.3) is 0 Å². The Morgan fingerprint density at radius 3 is 2.44 bits per heavy atom. The van der Waals surface area contributed by atoms with Crippen molar-refractivity contribution in [3.05, 3.63) is 0 Å². The molecule has 6 nitrogen and oxygen atoms in total. The van der Waals surface area contributed by atoms with Gasteiger partial charge in [-0.2, -0.15) is 5.06 Å². The van der Waals surface area contributed by atoms with Gasteiger partial charge in [0.25, 0.3) is 5.91 Å². The highest BCUT2D eigenvalue weighted by atomic mass is 16.8. The minimum atomic E-state index is -0.931. The molecule has 0 aromatic heterocycles. The quantitative estimate of drug-likeness (QED) is 0.556. The van der Waals surface area contributed by atoms with Crippen molar-refractivity contribution in [2.24, 2.45) is 5.92 Å². The van der Waals surface area contributed by atoms with Gasteiger partial charge in [0.2, 0.25) is 0 Å². The second-order valence-corrected chi connectivity index (χ2v) is 5.30. The van der Waals surface area contributed by atoms with E-state index in [1.807, 2.05) is 0 Å². The summed E-state index contributed by atoms with van der Waals surface area (Å²) in [5.41, 5.74) is -0.685. The monoisotopic (exact) mass is 257 g/mol. The van der Waals surface area contributed by atoms with Gasteiger partial charge in [-0.3, -0.25) is 9.59 Å². The fourth-order valence-electron chi connectivity index (χ4n) is 1.67. The highest BCUT2D eigenvalue weighted by Crippen LogP contribution is 2.20. The zero-order valence-corrected chi connectivity index (χ0v) is 11.2. The van der Waals surface area contributed by atoms with E-state index in [9.17, 15) is 14.4 Å². The summed E-state index contributed by atoms with van der Waals surface area (Å²) >= 11 is 0. The normalized spacial score (nSPS) is 20.6. The number of Topliss-reactive ketones (excluding diaryl/α,β-unsaturated/α-hetero) is 1. The number of rotatable bonds is 2. The van der Waals surface area contributed by atoms with Gasteiger partial charge in [-0.1, -0.05) is 0 Å². The number of nitrogens with zero attached hydrogens (tertiary/aromatic N) is 1. The van der Waals surface area contributed by atoms with Crippen LogP contribution in [0, 0.1) is 5.92 Å². The van der Waals surface area contributed by atoms with E-state index >= 15 is 0 Å². The molecule has 0 aliphatic carbocycles. The van der Waals surface area contributed by atoms with Crippen molar-refractivity contribution >= 4 is 17.8 Å². The Labute approximate surface area is 106 Å². The van der Waals surface area contributed by atoms with E-state index in [-0.39, 0.29) is 5.78 Å². The van der Waals surface area contributed by atoms with E-state index in [1.54, 1.807) is 20.8 Å². The molecule has 0 N–H and O–H groups in total. The van der Waals surface area contributed by atoms with Gasteiger partial charge in [-0.05, 0) is 40.5 Å². The van der Waals surface area contributed by atoms with E-state index in [1.165, 1.54) is 6.92 Å². The summed E-state index contributed by atoms with van der Waals surface area (Å²) in [6.07, 6.45) is 0.196. The molecule has 1 fully saturated rings. The molecule has 1 atom stereocenters. The minimum Gasteiger partial charge on any atom is -0.427 e. The van der Waals surface area contributed by atoms with Crippen molar-refractivity contribution in [3.63, 3.8) is 0 Å². The van der Waals surface area contributed by atoms with Gasteiger partial charge < -0.3 is 9.57 Å². The van der Waals surface area contributed by atoms with Crippen LogP contribution in [0.1, 0.15) is 40.5 Å². The molecule has 0 bridgehead atoms. The Bertz CT molecular complexity index is 358. The molecular weight excluding hydrogens is 238 g/mol. The molecule has 1 aliphatic heterocycles. The molecule has 1 saturated heterocycles. The Morgan fingerprint density at radius 1 is 1.33 bits per heavy atom. The summed E-state index contributed by atoms with van der Waals surface area (Å²) < 4.78 is 4.94. The predicted molar refractivity (Wildman–Crippen MR) is 62.4 cm³/mol. The molecule has 0 spiro atoms. The van der Waals surface area contributed by atoms with Crippen molar-refractivity contribution in [3.8, 4) is 0 Å². The molecule has 1 amide bonds. The molecule has 18 heavy (non-hydrogen) atoms. The van der Waals surface area contributed by atoms with Crippen LogP contribution < -0.4 is 0 Å². The maximum Gasteiger partial charge on any atom is 0.534 e. The smallest absolute Gasteiger partial charge is 0.427 e. The van der Waals surface area contributed by atoms with E-state index in [0.29, 0.717) is 19.4 Å². The SMILES string of the molecule is CC(=O)C1CCCN(OC(=O)OC(C)(C)C)C1=O. The molecule has 1 rings (SSSR count). The number of ether oxygens (including phenoxy) is 1. The predicted octanol–water partition coefficient (Wildman–Crippen LogP) is 1.68. The largest absolute Gasteiger partial charge is 0.534 e.